The van der Waals surface area contributed by atoms with Gasteiger partial charge in [-0.05, 0) is 49.7 Å². The molecule has 0 N–H and O–H groups in total. The monoisotopic (exact) mass is 333 g/mol. The molecule has 0 bridgehead atoms. The van der Waals surface area contributed by atoms with E-state index in [1.807, 2.05) is 12.3 Å². The van der Waals surface area contributed by atoms with Crippen LogP contribution < -0.4 is 0 Å². The van der Waals surface area contributed by atoms with Crippen LogP contribution in [-0.2, 0) is 20.7 Å². The molecule has 0 aliphatic rings. The van der Waals surface area contributed by atoms with Crippen LogP contribution >= 0.6 is 0 Å². The molecule has 0 saturated heterocycles. The van der Waals surface area contributed by atoms with Gasteiger partial charge in [-0.1, -0.05) is 25.8 Å². The molecule has 1 heterocycles. The van der Waals surface area contributed by atoms with E-state index in [1.54, 1.807) is 6.20 Å². The number of carbonyl (C=O) groups excluding carboxylic acids is 2. The number of nitrogens with zero attached hydrogens (tertiary/aromatic N) is 1. The van der Waals surface area contributed by atoms with Crippen LogP contribution in [0.1, 0.15) is 70.8 Å². The summed E-state index contributed by atoms with van der Waals surface area (Å²) in [5.41, 5.74) is 1.24. The fraction of sp³-hybridized carbons (Fsp3) is 0.650. The van der Waals surface area contributed by atoms with Gasteiger partial charge < -0.3 is 4.74 Å². The van der Waals surface area contributed by atoms with Crippen molar-refractivity contribution in [1.82, 2.24) is 4.98 Å². The Balaban J connectivity index is 1.93. The van der Waals surface area contributed by atoms with E-state index in [1.165, 1.54) is 12.5 Å². The van der Waals surface area contributed by atoms with E-state index in [0.29, 0.717) is 31.1 Å². The van der Waals surface area contributed by atoms with Crippen molar-refractivity contribution in [1.29, 1.82) is 0 Å². The lowest BCUT2D eigenvalue weighted by atomic mass is 10.0. The summed E-state index contributed by atoms with van der Waals surface area (Å²) in [6, 6.07) is 4.03. The molecule has 1 rings (SSSR count). The molecule has 1 aromatic heterocycles. The lowest BCUT2D eigenvalue weighted by molar-refractivity contribution is -0.142. The molecule has 0 spiro atoms. The van der Waals surface area contributed by atoms with Crippen molar-refractivity contribution in [3.8, 4) is 0 Å². The third-order valence-electron chi connectivity index (χ3n) is 4.12. The van der Waals surface area contributed by atoms with Crippen molar-refractivity contribution < 1.29 is 14.3 Å². The van der Waals surface area contributed by atoms with Crippen molar-refractivity contribution in [3.63, 3.8) is 0 Å². The van der Waals surface area contributed by atoms with Crippen molar-refractivity contribution in [2.24, 2.45) is 5.92 Å². The van der Waals surface area contributed by atoms with Gasteiger partial charge in [-0.25, -0.2) is 0 Å². The fourth-order valence-corrected chi connectivity index (χ4v) is 2.66. The van der Waals surface area contributed by atoms with Crippen LogP contribution in [0.5, 0.6) is 0 Å². The summed E-state index contributed by atoms with van der Waals surface area (Å²) < 4.78 is 4.99. The number of ether oxygens (including phenoxy) is 1. The van der Waals surface area contributed by atoms with Gasteiger partial charge in [-0.2, -0.15) is 0 Å². The number of ketones is 1. The molecule has 0 aliphatic carbocycles. The molecule has 0 fully saturated rings. The molecule has 24 heavy (non-hydrogen) atoms. The maximum atomic E-state index is 11.9. The number of Topliss-reactive ketones (excluding diaryl/α,β-unsaturated/α-hetero) is 1. The number of hydrogen-bond acceptors (Lipinski definition) is 4. The minimum absolute atomic E-state index is 0.212. The third-order valence-corrected chi connectivity index (χ3v) is 4.12. The summed E-state index contributed by atoms with van der Waals surface area (Å²) in [7, 11) is 0. The number of aryl methyl sites for hydroxylation is 1. The molecular weight excluding hydrogens is 302 g/mol. The number of esters is 1. The van der Waals surface area contributed by atoms with Gasteiger partial charge in [0.25, 0.3) is 0 Å². The van der Waals surface area contributed by atoms with Crippen LogP contribution in [0.3, 0.4) is 0 Å². The first-order valence-corrected chi connectivity index (χ1v) is 9.12. The van der Waals surface area contributed by atoms with Crippen molar-refractivity contribution >= 4 is 11.8 Å². The lowest BCUT2D eigenvalue weighted by Crippen LogP contribution is -2.09. The Bertz CT molecular complexity index is 473. The van der Waals surface area contributed by atoms with E-state index in [0.717, 1.165) is 44.9 Å². The quantitative estimate of drug-likeness (QED) is 0.393. The smallest absolute Gasteiger partial charge is 0.302 e. The number of hydrogen-bond donors (Lipinski definition) is 0. The highest BCUT2D eigenvalue weighted by atomic mass is 16.5. The van der Waals surface area contributed by atoms with Gasteiger partial charge in [0.15, 0.2) is 0 Å². The highest BCUT2D eigenvalue weighted by Gasteiger charge is 2.05. The second-order valence-corrected chi connectivity index (χ2v) is 6.61. The number of pyridine rings is 1. The van der Waals surface area contributed by atoms with E-state index in [4.69, 9.17) is 4.74 Å². The molecule has 1 atom stereocenters. The minimum Gasteiger partial charge on any atom is -0.466 e. The average Bonchev–Trinajstić information content (AvgIpc) is 2.57. The maximum absolute atomic E-state index is 11.9. The van der Waals surface area contributed by atoms with Gasteiger partial charge in [0, 0.05) is 32.2 Å². The molecule has 134 valence electrons. The van der Waals surface area contributed by atoms with Crippen LogP contribution in [0.4, 0.5) is 0 Å². The molecule has 4 nitrogen and oxygen atoms in total. The van der Waals surface area contributed by atoms with Gasteiger partial charge in [0.05, 0.1) is 6.61 Å². The summed E-state index contributed by atoms with van der Waals surface area (Å²) in [4.78, 5) is 26.7. The molecule has 0 radical (unpaired) electrons. The first-order valence-electron chi connectivity index (χ1n) is 9.12. The Labute approximate surface area is 146 Å². The fourth-order valence-electron chi connectivity index (χ4n) is 2.66. The predicted molar refractivity (Wildman–Crippen MR) is 95.7 cm³/mol. The van der Waals surface area contributed by atoms with Gasteiger partial charge >= 0.3 is 5.97 Å². The Hall–Kier alpha value is -1.71. The SMILES string of the molecule is CC(=O)OCC(C)CCCCCC(=O)CCCCc1cccnc1. The Morgan fingerprint density at radius 3 is 2.54 bits per heavy atom. The molecular formula is C20H31NO3. The van der Waals surface area contributed by atoms with E-state index in [-0.39, 0.29) is 5.97 Å². The second kappa shape index (κ2) is 12.7. The largest absolute Gasteiger partial charge is 0.466 e. The molecule has 0 aliphatic heterocycles. The van der Waals surface area contributed by atoms with Crippen LogP contribution in [0.15, 0.2) is 24.5 Å². The number of carbonyl (C=O) groups is 2. The second-order valence-electron chi connectivity index (χ2n) is 6.61. The summed E-state index contributed by atoms with van der Waals surface area (Å²) in [5, 5.41) is 0. The Morgan fingerprint density at radius 1 is 1.12 bits per heavy atom. The Kier molecular flexibility index (Phi) is 10.7. The zero-order valence-electron chi connectivity index (χ0n) is 15.1. The molecule has 0 aromatic carbocycles. The molecule has 0 saturated carbocycles. The number of aromatic nitrogens is 1. The van der Waals surface area contributed by atoms with Crippen molar-refractivity contribution in [2.75, 3.05) is 6.61 Å². The third kappa shape index (κ3) is 10.9. The van der Waals surface area contributed by atoms with Crippen molar-refractivity contribution in [3.05, 3.63) is 30.1 Å². The van der Waals surface area contributed by atoms with Gasteiger partial charge in [0.1, 0.15) is 5.78 Å². The van der Waals surface area contributed by atoms with Crippen LogP contribution in [-0.4, -0.2) is 23.3 Å². The van der Waals surface area contributed by atoms with Crippen molar-refractivity contribution in [2.45, 2.75) is 71.6 Å². The van der Waals surface area contributed by atoms with Crippen LogP contribution in [0.25, 0.3) is 0 Å². The normalized spacial score (nSPS) is 11.9. The zero-order valence-corrected chi connectivity index (χ0v) is 15.1. The highest BCUT2D eigenvalue weighted by molar-refractivity contribution is 5.78. The van der Waals surface area contributed by atoms with Gasteiger partial charge in [-0.3, -0.25) is 14.6 Å². The van der Waals surface area contributed by atoms with Crippen LogP contribution in [0, 0.1) is 5.92 Å². The van der Waals surface area contributed by atoms with E-state index in [2.05, 4.69) is 18.0 Å². The predicted octanol–water partition coefficient (Wildman–Crippen LogP) is 4.51. The van der Waals surface area contributed by atoms with E-state index < -0.39 is 0 Å². The number of unbranched alkanes of at least 4 members (excludes halogenated alkanes) is 3. The summed E-state index contributed by atoms with van der Waals surface area (Å²) in [5.74, 6) is 0.571. The van der Waals surface area contributed by atoms with Crippen LogP contribution in [0.2, 0.25) is 0 Å². The van der Waals surface area contributed by atoms with Gasteiger partial charge in [0.2, 0.25) is 0 Å². The standard InChI is InChI=1S/C20H31NO3/c1-17(16-24-18(2)22)9-4-3-5-12-20(23)13-7-6-10-19-11-8-14-21-15-19/h8,11,14-15,17H,3-7,9-10,12-13,16H2,1-2H3. The van der Waals surface area contributed by atoms with E-state index in [9.17, 15) is 9.59 Å². The average molecular weight is 333 g/mol. The topological polar surface area (TPSA) is 56.3 Å². The zero-order chi connectivity index (χ0) is 17.6. The molecule has 1 unspecified atom stereocenters. The van der Waals surface area contributed by atoms with Gasteiger partial charge in [-0.15, -0.1) is 0 Å². The lowest BCUT2D eigenvalue weighted by Gasteiger charge is -2.10. The summed E-state index contributed by atoms with van der Waals surface area (Å²) >= 11 is 0. The summed E-state index contributed by atoms with van der Waals surface area (Å²) in [6.07, 6.45) is 12.3. The maximum Gasteiger partial charge on any atom is 0.302 e. The first kappa shape index (κ1) is 20.3. The first-order chi connectivity index (χ1) is 11.6. The number of rotatable bonds is 13. The highest BCUT2D eigenvalue weighted by Crippen LogP contribution is 2.13. The Morgan fingerprint density at radius 2 is 1.88 bits per heavy atom. The summed E-state index contributed by atoms with van der Waals surface area (Å²) in [6.45, 7) is 4.04. The van der Waals surface area contributed by atoms with E-state index >= 15 is 0 Å². The molecule has 4 heteroatoms. The molecule has 1 aromatic rings. The molecule has 0 amide bonds. The minimum atomic E-state index is -0.212.